The van der Waals surface area contributed by atoms with Crippen LogP contribution in [0.4, 0.5) is 0 Å². The summed E-state index contributed by atoms with van der Waals surface area (Å²) >= 11 is 3.33. The molecule has 0 radical (unpaired) electrons. The summed E-state index contributed by atoms with van der Waals surface area (Å²) in [7, 11) is 0. The zero-order valence-corrected chi connectivity index (χ0v) is 16.5. The second-order valence-electron chi connectivity index (χ2n) is 7.29. The lowest BCUT2D eigenvalue weighted by atomic mass is 9.93. The quantitative estimate of drug-likeness (QED) is 0.569. The van der Waals surface area contributed by atoms with Gasteiger partial charge in [0.25, 0.3) is 0 Å². The van der Waals surface area contributed by atoms with Crippen molar-refractivity contribution in [1.29, 1.82) is 0 Å². The largest absolute Gasteiger partial charge is 0.376 e. The Labute approximate surface area is 154 Å². The van der Waals surface area contributed by atoms with Crippen molar-refractivity contribution in [3.8, 4) is 0 Å². The Morgan fingerprint density at radius 1 is 1.29 bits per heavy atom. The predicted molar refractivity (Wildman–Crippen MR) is 101 cm³/mol. The molecule has 1 heterocycles. The molecule has 136 valence electrons. The average molecular weight is 399 g/mol. The topological polar surface area (TPSA) is 38.7 Å². The first-order valence-electron chi connectivity index (χ1n) is 9.10. The maximum Gasteiger partial charge on any atom is 0.175 e. The second-order valence-corrected chi connectivity index (χ2v) is 7.85. The maximum absolute atomic E-state index is 10.1. The number of rotatable bonds is 10. The van der Waals surface area contributed by atoms with Gasteiger partial charge < -0.3 is 14.6 Å². The minimum atomic E-state index is -0.947. The fourth-order valence-corrected chi connectivity index (χ4v) is 3.69. The van der Waals surface area contributed by atoms with Gasteiger partial charge in [0, 0.05) is 13.0 Å². The molecular formula is C20H31BrO3. The van der Waals surface area contributed by atoms with Crippen LogP contribution in [0.3, 0.4) is 0 Å². The first-order valence-corrected chi connectivity index (χ1v) is 10.2. The van der Waals surface area contributed by atoms with Gasteiger partial charge in [0.15, 0.2) is 5.79 Å². The van der Waals surface area contributed by atoms with Crippen molar-refractivity contribution in [1.82, 2.24) is 0 Å². The molecule has 1 aliphatic heterocycles. The van der Waals surface area contributed by atoms with Gasteiger partial charge in [-0.2, -0.15) is 0 Å². The van der Waals surface area contributed by atoms with Gasteiger partial charge in [-0.05, 0) is 36.7 Å². The highest BCUT2D eigenvalue weighted by Crippen LogP contribution is 2.34. The number of ether oxygens (including phenoxy) is 2. The molecule has 1 fully saturated rings. The number of benzene rings is 1. The Morgan fingerprint density at radius 3 is 2.71 bits per heavy atom. The number of halogens is 1. The molecule has 0 spiro atoms. The van der Waals surface area contributed by atoms with Gasteiger partial charge in [-0.15, -0.1) is 0 Å². The van der Waals surface area contributed by atoms with E-state index in [1.807, 2.05) is 18.2 Å². The van der Waals surface area contributed by atoms with Crippen molar-refractivity contribution in [2.24, 2.45) is 11.8 Å². The van der Waals surface area contributed by atoms with Crippen LogP contribution in [0.5, 0.6) is 0 Å². The molecule has 0 bridgehead atoms. The van der Waals surface area contributed by atoms with Crippen LogP contribution >= 0.6 is 15.9 Å². The lowest BCUT2D eigenvalue weighted by Gasteiger charge is -2.24. The maximum atomic E-state index is 10.1. The molecule has 4 atom stereocenters. The van der Waals surface area contributed by atoms with Crippen molar-refractivity contribution in [3.63, 3.8) is 0 Å². The number of hydrogen-bond acceptors (Lipinski definition) is 3. The van der Waals surface area contributed by atoms with E-state index in [4.69, 9.17) is 9.47 Å². The molecule has 1 saturated heterocycles. The van der Waals surface area contributed by atoms with E-state index in [-0.39, 0.29) is 6.10 Å². The van der Waals surface area contributed by atoms with Crippen LogP contribution in [0.2, 0.25) is 0 Å². The Morgan fingerprint density at radius 2 is 2.04 bits per heavy atom. The molecule has 4 unspecified atom stereocenters. The van der Waals surface area contributed by atoms with Gasteiger partial charge in [-0.1, -0.05) is 66.5 Å². The van der Waals surface area contributed by atoms with E-state index in [9.17, 15) is 5.11 Å². The number of hydrogen-bond donors (Lipinski definition) is 1. The molecule has 1 aromatic rings. The normalized spacial score (nSPS) is 26.4. The molecular weight excluding hydrogens is 368 g/mol. The molecule has 4 heteroatoms. The van der Waals surface area contributed by atoms with Gasteiger partial charge in [0.05, 0.1) is 18.0 Å². The zero-order chi connectivity index (χ0) is 17.4. The van der Waals surface area contributed by atoms with Crippen molar-refractivity contribution < 1.29 is 14.6 Å². The second kappa shape index (κ2) is 9.91. The van der Waals surface area contributed by atoms with E-state index < -0.39 is 5.79 Å². The first kappa shape index (κ1) is 19.9. The van der Waals surface area contributed by atoms with Crippen LogP contribution in [-0.4, -0.2) is 28.9 Å². The summed E-state index contributed by atoms with van der Waals surface area (Å²) < 4.78 is 11.6. The Balaban J connectivity index is 1.56. The van der Waals surface area contributed by atoms with Gasteiger partial charge >= 0.3 is 0 Å². The molecule has 24 heavy (non-hydrogen) atoms. The van der Waals surface area contributed by atoms with Crippen molar-refractivity contribution in [2.45, 2.75) is 64.4 Å². The van der Waals surface area contributed by atoms with Crippen LogP contribution < -0.4 is 0 Å². The Kier molecular flexibility index (Phi) is 8.21. The number of aliphatic hydroxyl groups is 1. The average Bonchev–Trinajstić information content (AvgIpc) is 2.99. The Bertz CT molecular complexity index is 467. The van der Waals surface area contributed by atoms with Crippen LogP contribution in [0.15, 0.2) is 30.3 Å². The summed E-state index contributed by atoms with van der Waals surface area (Å²) in [4.78, 5) is 0. The Hall–Kier alpha value is -0.420. The molecule has 0 saturated carbocycles. The van der Waals surface area contributed by atoms with Crippen molar-refractivity contribution in [2.75, 3.05) is 11.9 Å². The summed E-state index contributed by atoms with van der Waals surface area (Å²) in [5, 5.41) is 10.6. The van der Waals surface area contributed by atoms with Crippen LogP contribution in [-0.2, 0) is 16.1 Å². The molecule has 1 aromatic carbocycles. The van der Waals surface area contributed by atoms with E-state index in [1.54, 1.807) is 0 Å². The SMILES string of the molecule is CC(CCCC(C)C1CCC(O)(CBr)O1)COCc1ccccc1. The van der Waals surface area contributed by atoms with Gasteiger partial charge in [-0.3, -0.25) is 0 Å². The minimum absolute atomic E-state index is 0.192. The van der Waals surface area contributed by atoms with Gasteiger partial charge in [0.1, 0.15) is 0 Å². The zero-order valence-electron chi connectivity index (χ0n) is 14.9. The fraction of sp³-hybridized carbons (Fsp3) is 0.700. The smallest absolute Gasteiger partial charge is 0.175 e. The van der Waals surface area contributed by atoms with Crippen LogP contribution in [0.25, 0.3) is 0 Å². The van der Waals surface area contributed by atoms with E-state index in [2.05, 4.69) is 41.9 Å². The van der Waals surface area contributed by atoms with E-state index in [0.717, 1.165) is 25.9 Å². The molecule has 0 aliphatic carbocycles. The number of alkyl halides is 1. The summed E-state index contributed by atoms with van der Waals surface area (Å²) in [6.07, 6.45) is 5.39. The van der Waals surface area contributed by atoms with E-state index in [0.29, 0.717) is 23.8 Å². The summed E-state index contributed by atoms with van der Waals surface area (Å²) in [6.45, 7) is 6.00. The third kappa shape index (κ3) is 6.47. The first-order chi connectivity index (χ1) is 11.5. The highest BCUT2D eigenvalue weighted by atomic mass is 79.9. The van der Waals surface area contributed by atoms with Gasteiger partial charge in [-0.25, -0.2) is 0 Å². The van der Waals surface area contributed by atoms with Crippen LogP contribution in [0.1, 0.15) is 51.5 Å². The van der Waals surface area contributed by atoms with Crippen molar-refractivity contribution >= 4 is 15.9 Å². The molecule has 0 amide bonds. The molecule has 1 aliphatic rings. The standard InChI is InChI=1S/C20H31BrO3/c1-16(13-23-14-18-9-4-3-5-10-18)7-6-8-17(2)19-11-12-20(22,15-21)24-19/h3-5,9-10,16-17,19,22H,6-8,11-15H2,1-2H3. The highest BCUT2D eigenvalue weighted by molar-refractivity contribution is 9.09. The van der Waals surface area contributed by atoms with Gasteiger partial charge in [0.2, 0.25) is 0 Å². The van der Waals surface area contributed by atoms with E-state index in [1.165, 1.54) is 18.4 Å². The predicted octanol–water partition coefficient (Wildman–Crippen LogP) is 4.91. The summed E-state index contributed by atoms with van der Waals surface area (Å²) in [5.74, 6) is 0.123. The lowest BCUT2D eigenvalue weighted by molar-refractivity contribution is -0.182. The van der Waals surface area contributed by atoms with Crippen molar-refractivity contribution in [3.05, 3.63) is 35.9 Å². The van der Waals surface area contributed by atoms with E-state index >= 15 is 0 Å². The third-order valence-electron chi connectivity index (χ3n) is 4.90. The molecule has 0 aromatic heterocycles. The molecule has 1 N–H and O–H groups in total. The molecule has 2 rings (SSSR count). The minimum Gasteiger partial charge on any atom is -0.376 e. The van der Waals surface area contributed by atoms with Crippen LogP contribution in [0, 0.1) is 11.8 Å². The summed E-state index contributed by atoms with van der Waals surface area (Å²) in [6, 6.07) is 10.3. The fourth-order valence-electron chi connectivity index (χ4n) is 3.28. The molecule has 3 nitrogen and oxygen atoms in total. The lowest BCUT2D eigenvalue weighted by Crippen LogP contribution is -2.32. The monoisotopic (exact) mass is 398 g/mol. The third-order valence-corrected chi connectivity index (χ3v) is 5.78. The highest BCUT2D eigenvalue weighted by Gasteiger charge is 2.39. The summed E-state index contributed by atoms with van der Waals surface area (Å²) in [5.41, 5.74) is 1.23.